The van der Waals surface area contributed by atoms with Crippen LogP contribution in [0.1, 0.15) is 15.9 Å². The van der Waals surface area contributed by atoms with E-state index in [1.54, 1.807) is 19.1 Å². The number of nitrogens with zero attached hydrogens (tertiary/aromatic N) is 1. The highest BCUT2D eigenvalue weighted by Crippen LogP contribution is 2.28. The molecule has 0 aliphatic carbocycles. The second kappa shape index (κ2) is 9.64. The van der Waals surface area contributed by atoms with Crippen molar-refractivity contribution in [3.63, 3.8) is 0 Å². The van der Waals surface area contributed by atoms with Crippen molar-refractivity contribution in [2.24, 2.45) is 0 Å². The summed E-state index contributed by atoms with van der Waals surface area (Å²) >= 11 is 0. The van der Waals surface area contributed by atoms with Crippen molar-refractivity contribution in [3.05, 3.63) is 83.9 Å². The van der Waals surface area contributed by atoms with Crippen LogP contribution in [0.3, 0.4) is 0 Å². The largest absolute Gasteiger partial charge is 0.493 e. The number of hydrogen-bond acceptors (Lipinski definition) is 4. The van der Waals surface area contributed by atoms with Crippen LogP contribution in [0.2, 0.25) is 0 Å². The smallest absolute Gasteiger partial charge is 0.255 e. The Kier molecular flexibility index (Phi) is 6.74. The number of likely N-dealkylation sites (N-methyl/N-ethyl adjacent to an activating group) is 1. The van der Waals surface area contributed by atoms with Gasteiger partial charge in [-0.1, -0.05) is 36.4 Å². The molecule has 5 heteroatoms. The maximum Gasteiger partial charge on any atom is 0.255 e. The number of carbonyl (C=O) groups excluding carboxylic acids is 1. The van der Waals surface area contributed by atoms with Crippen LogP contribution in [-0.2, 0) is 6.42 Å². The summed E-state index contributed by atoms with van der Waals surface area (Å²) in [5, 5.41) is 3.33. The van der Waals surface area contributed by atoms with E-state index in [0.29, 0.717) is 23.6 Å². The predicted molar refractivity (Wildman–Crippen MR) is 116 cm³/mol. The third-order valence-electron chi connectivity index (χ3n) is 4.74. The van der Waals surface area contributed by atoms with E-state index in [0.717, 1.165) is 23.4 Å². The van der Waals surface area contributed by atoms with Crippen LogP contribution in [-0.4, -0.2) is 38.6 Å². The molecule has 0 saturated carbocycles. The van der Waals surface area contributed by atoms with Gasteiger partial charge in [-0.05, 0) is 48.4 Å². The fraction of sp³-hybridized carbons (Fsp3) is 0.208. The lowest BCUT2D eigenvalue weighted by Gasteiger charge is -2.20. The Balaban J connectivity index is 1.69. The third kappa shape index (κ3) is 5.08. The number of rotatable bonds is 8. The van der Waals surface area contributed by atoms with Crippen LogP contribution < -0.4 is 14.8 Å². The molecule has 0 radical (unpaired) electrons. The van der Waals surface area contributed by atoms with Gasteiger partial charge in [0.1, 0.15) is 0 Å². The van der Waals surface area contributed by atoms with Gasteiger partial charge >= 0.3 is 0 Å². The first-order chi connectivity index (χ1) is 14.1. The molecule has 5 nitrogen and oxygen atoms in total. The number of nitrogens with one attached hydrogen (secondary N) is 1. The number of methoxy groups -OCH3 is 2. The number of anilines is 2. The molecule has 150 valence electrons. The van der Waals surface area contributed by atoms with Crippen LogP contribution in [0.5, 0.6) is 11.5 Å². The second-order valence-corrected chi connectivity index (χ2v) is 6.70. The zero-order valence-electron chi connectivity index (χ0n) is 17.0. The van der Waals surface area contributed by atoms with Crippen molar-refractivity contribution in [2.45, 2.75) is 6.42 Å². The van der Waals surface area contributed by atoms with E-state index in [9.17, 15) is 4.79 Å². The van der Waals surface area contributed by atoms with E-state index in [1.165, 1.54) is 0 Å². The van der Waals surface area contributed by atoms with Gasteiger partial charge in [-0.15, -0.1) is 0 Å². The van der Waals surface area contributed by atoms with Gasteiger partial charge in [0.05, 0.1) is 25.5 Å². The molecule has 0 unspecified atom stereocenters. The van der Waals surface area contributed by atoms with Gasteiger partial charge in [0, 0.05) is 19.3 Å². The van der Waals surface area contributed by atoms with E-state index in [4.69, 9.17) is 9.47 Å². The number of para-hydroxylation sites is 2. The highest BCUT2D eigenvalue weighted by molar-refractivity contribution is 6.00. The zero-order valence-corrected chi connectivity index (χ0v) is 17.0. The average molecular weight is 390 g/mol. The third-order valence-corrected chi connectivity index (χ3v) is 4.74. The molecule has 0 aliphatic heterocycles. The summed E-state index contributed by atoms with van der Waals surface area (Å²) in [5.41, 5.74) is 3.46. The summed E-state index contributed by atoms with van der Waals surface area (Å²) < 4.78 is 10.6. The lowest BCUT2D eigenvalue weighted by molar-refractivity contribution is 0.0797. The highest BCUT2D eigenvalue weighted by Gasteiger charge is 2.16. The molecule has 1 N–H and O–H groups in total. The molecule has 0 spiro atoms. The van der Waals surface area contributed by atoms with Gasteiger partial charge in [0.15, 0.2) is 11.5 Å². The molecule has 0 fully saturated rings. The van der Waals surface area contributed by atoms with Gasteiger partial charge in [-0.25, -0.2) is 0 Å². The molecule has 3 aromatic carbocycles. The molecule has 0 saturated heterocycles. The molecular formula is C24H26N2O3. The molecule has 3 rings (SSSR count). The Morgan fingerprint density at radius 2 is 1.59 bits per heavy atom. The number of benzene rings is 3. The number of carbonyl (C=O) groups is 1. The van der Waals surface area contributed by atoms with Crippen molar-refractivity contribution in [2.75, 3.05) is 33.1 Å². The normalized spacial score (nSPS) is 10.3. The van der Waals surface area contributed by atoms with E-state index in [-0.39, 0.29) is 5.91 Å². The molecule has 0 heterocycles. The quantitative estimate of drug-likeness (QED) is 0.602. The van der Waals surface area contributed by atoms with Crippen molar-refractivity contribution in [3.8, 4) is 11.5 Å². The predicted octanol–water partition coefficient (Wildman–Crippen LogP) is 4.76. The Morgan fingerprint density at radius 1 is 0.897 bits per heavy atom. The molecule has 1 amide bonds. The van der Waals surface area contributed by atoms with Crippen LogP contribution in [0, 0.1) is 0 Å². The van der Waals surface area contributed by atoms with Gasteiger partial charge in [-0.3, -0.25) is 4.79 Å². The van der Waals surface area contributed by atoms with Gasteiger partial charge in [0.25, 0.3) is 5.91 Å². The van der Waals surface area contributed by atoms with Crippen LogP contribution in [0.25, 0.3) is 0 Å². The van der Waals surface area contributed by atoms with E-state index in [2.05, 4.69) is 5.32 Å². The fourth-order valence-electron chi connectivity index (χ4n) is 3.10. The number of hydrogen-bond donors (Lipinski definition) is 1. The Bertz CT molecular complexity index is 957. The van der Waals surface area contributed by atoms with Crippen molar-refractivity contribution >= 4 is 17.3 Å². The molecule has 29 heavy (non-hydrogen) atoms. The molecule has 3 aromatic rings. The first-order valence-electron chi connectivity index (χ1n) is 9.50. The summed E-state index contributed by atoms with van der Waals surface area (Å²) in [4.78, 5) is 14.8. The first kappa shape index (κ1) is 20.3. The van der Waals surface area contributed by atoms with E-state index < -0.39 is 0 Å². The Morgan fingerprint density at radius 3 is 2.31 bits per heavy atom. The molecule has 0 aromatic heterocycles. The van der Waals surface area contributed by atoms with Crippen molar-refractivity contribution < 1.29 is 14.3 Å². The lowest BCUT2D eigenvalue weighted by Crippen LogP contribution is -2.29. The minimum absolute atomic E-state index is 0.0236. The van der Waals surface area contributed by atoms with Crippen LogP contribution in [0.4, 0.5) is 11.4 Å². The van der Waals surface area contributed by atoms with Crippen molar-refractivity contribution in [1.29, 1.82) is 0 Å². The maximum atomic E-state index is 13.0. The van der Waals surface area contributed by atoms with Crippen LogP contribution in [0.15, 0.2) is 72.8 Å². The fourth-order valence-corrected chi connectivity index (χ4v) is 3.10. The first-order valence-corrected chi connectivity index (χ1v) is 9.50. The minimum atomic E-state index is -0.0236. The second-order valence-electron chi connectivity index (χ2n) is 6.70. The lowest BCUT2D eigenvalue weighted by atomic mass is 10.1. The van der Waals surface area contributed by atoms with E-state index in [1.807, 2.05) is 79.8 Å². The molecule has 0 atom stereocenters. The monoisotopic (exact) mass is 390 g/mol. The van der Waals surface area contributed by atoms with Crippen molar-refractivity contribution in [1.82, 2.24) is 4.90 Å². The van der Waals surface area contributed by atoms with Gasteiger partial charge in [0.2, 0.25) is 0 Å². The summed E-state index contributed by atoms with van der Waals surface area (Å²) in [6, 6.07) is 23.2. The molecule has 0 bridgehead atoms. The Labute approximate surface area is 171 Å². The van der Waals surface area contributed by atoms with Gasteiger partial charge < -0.3 is 19.7 Å². The zero-order chi connectivity index (χ0) is 20.6. The highest BCUT2D eigenvalue weighted by atomic mass is 16.5. The SMILES string of the molecule is COc1ccc(CCN(C)C(=O)c2ccccc2Nc2ccccc2)cc1OC. The molecular weight excluding hydrogens is 364 g/mol. The van der Waals surface area contributed by atoms with Crippen LogP contribution >= 0.6 is 0 Å². The molecule has 0 aliphatic rings. The topological polar surface area (TPSA) is 50.8 Å². The van der Waals surface area contributed by atoms with Gasteiger partial charge in [-0.2, -0.15) is 0 Å². The maximum absolute atomic E-state index is 13.0. The minimum Gasteiger partial charge on any atom is -0.493 e. The summed E-state index contributed by atoms with van der Waals surface area (Å²) in [5.74, 6) is 1.36. The van der Waals surface area contributed by atoms with E-state index >= 15 is 0 Å². The summed E-state index contributed by atoms with van der Waals surface area (Å²) in [6.07, 6.45) is 0.719. The average Bonchev–Trinajstić information content (AvgIpc) is 2.77. The number of ether oxygens (including phenoxy) is 2. The standard InChI is InChI=1S/C24H26N2O3/c1-26(16-15-18-13-14-22(28-2)23(17-18)29-3)24(27)20-11-7-8-12-21(20)25-19-9-5-4-6-10-19/h4-14,17,25H,15-16H2,1-3H3. The number of amides is 1. The Hall–Kier alpha value is -3.47. The summed E-state index contributed by atoms with van der Waals surface area (Å²) in [7, 11) is 5.06. The summed E-state index contributed by atoms with van der Waals surface area (Å²) in [6.45, 7) is 0.591.